The molecule has 0 aliphatic carbocycles. The second kappa shape index (κ2) is 19.3. The summed E-state index contributed by atoms with van der Waals surface area (Å²) in [6.45, 7) is 22.8. The Morgan fingerprint density at radius 3 is 1.84 bits per heavy atom. The van der Waals surface area contributed by atoms with E-state index in [0.717, 1.165) is 55.4 Å². The van der Waals surface area contributed by atoms with E-state index in [-0.39, 0.29) is 49.6 Å². The normalized spacial score (nSPS) is 12.9. The summed E-state index contributed by atoms with van der Waals surface area (Å²) >= 11 is 0. The van der Waals surface area contributed by atoms with Crippen LogP contribution in [0.5, 0.6) is 11.5 Å². The van der Waals surface area contributed by atoms with E-state index in [1.54, 1.807) is 17.6 Å². The molecule has 7 aromatic carbocycles. The van der Waals surface area contributed by atoms with Crippen LogP contribution in [0, 0.1) is 47.9 Å². The zero-order chi connectivity index (χ0) is 51.1. The molecule has 0 N–H and O–H groups in total. The van der Waals surface area contributed by atoms with Gasteiger partial charge in [0.1, 0.15) is 5.82 Å². The molecule has 0 unspecified atom stereocenters. The summed E-state index contributed by atoms with van der Waals surface area (Å²) in [7, 11) is 0. The fraction of sp³-hybridized carbons (Fsp3) is 0.226. The van der Waals surface area contributed by atoms with Gasteiger partial charge < -0.3 is 19.1 Å². The number of fused-ring (bicyclic) bond motifs is 4. The van der Waals surface area contributed by atoms with Gasteiger partial charge in [-0.05, 0) is 86.2 Å². The van der Waals surface area contributed by atoms with E-state index in [2.05, 4.69) is 108 Å². The Hall–Kier alpha value is -6.77. The van der Waals surface area contributed by atoms with Gasteiger partial charge in [0.15, 0.2) is 23.3 Å². The van der Waals surface area contributed by atoms with E-state index >= 15 is 17.6 Å². The van der Waals surface area contributed by atoms with E-state index in [1.807, 2.05) is 98.6 Å². The van der Waals surface area contributed by atoms with Crippen molar-refractivity contribution < 1.29 is 47.8 Å². The molecule has 0 saturated heterocycles. The maximum absolute atomic E-state index is 16.0. The summed E-state index contributed by atoms with van der Waals surface area (Å²) in [5, 5.41) is 2.03. The van der Waals surface area contributed by atoms with Gasteiger partial charge >= 0.3 is 0 Å². The van der Waals surface area contributed by atoms with E-state index in [4.69, 9.17) is 9.72 Å². The maximum atomic E-state index is 16.0. The van der Waals surface area contributed by atoms with Gasteiger partial charge in [-0.3, -0.25) is 0 Å². The summed E-state index contributed by atoms with van der Waals surface area (Å²) in [6, 6.07) is 46.2. The molecule has 0 fully saturated rings. The van der Waals surface area contributed by atoms with Crippen LogP contribution in [0.1, 0.15) is 103 Å². The Morgan fingerprint density at radius 1 is 0.575 bits per heavy atom. The molecular weight excluding hydrogens is 1110 g/mol. The number of ether oxygens (including phenoxy) is 1. The van der Waals surface area contributed by atoms with Crippen molar-refractivity contribution in [1.29, 1.82) is 0 Å². The van der Waals surface area contributed by atoms with E-state index in [1.165, 1.54) is 6.07 Å². The smallest absolute Gasteiger partial charge is 0.200 e. The van der Waals surface area contributed by atoms with Crippen LogP contribution >= 0.6 is 0 Å². The first-order chi connectivity index (χ1) is 34.2. The molecule has 3 heterocycles. The topological polar surface area (TPSA) is 33.5 Å². The van der Waals surface area contributed by atoms with Crippen LogP contribution in [0.2, 0.25) is 0 Å². The first-order valence-electron chi connectivity index (χ1n) is 24.2. The molecule has 0 radical (unpaired) electrons. The number of hydrogen-bond acceptors (Lipinski definition) is 4. The molecule has 1 aliphatic heterocycles. The van der Waals surface area contributed by atoms with Crippen molar-refractivity contribution in [2.75, 3.05) is 9.80 Å². The summed E-state index contributed by atoms with van der Waals surface area (Å²) in [5.41, 5.74) is 7.86. The van der Waals surface area contributed by atoms with Crippen LogP contribution in [0.15, 0.2) is 128 Å². The Morgan fingerprint density at radius 2 is 1.19 bits per heavy atom. The molecular formula is C62H54F5N4OPt-3. The summed E-state index contributed by atoms with van der Waals surface area (Å²) < 4.78 is 85.6. The molecule has 1 aliphatic rings. The zero-order valence-corrected chi connectivity index (χ0v) is 44.5. The standard InChI is InChI=1S/C62H54F5N4O.Pt/c1-35(2)42-18-15-19-43(36(3)4)53(42)37-29-39(32-41(30-37)72-40-25-26-45-44-17-11-12-22-48(44)71(51(45)33-40)52-31-38(27-28-68-52)61(5,6)7)69-34-70(50-24-14-13-23-49(50)69)60-46(20-16-21-47(60)62(8,9)10)54-55(63)57(65)59(67)58(66)56(54)64;/h11-31,34-36H,1-10H3;/q-3;. The average molecular weight is 1160 g/mol. The van der Waals surface area contributed by atoms with Gasteiger partial charge in [-0.1, -0.05) is 141 Å². The number of nitrogens with zero attached hydrogens (tertiary/aromatic N) is 4. The number of halogens is 5. The van der Waals surface area contributed by atoms with Gasteiger partial charge in [-0.2, -0.15) is 6.07 Å². The number of rotatable bonds is 9. The number of anilines is 4. The Kier molecular flexibility index (Phi) is 13.5. The first-order valence-corrected chi connectivity index (χ1v) is 24.2. The van der Waals surface area contributed by atoms with E-state index < -0.39 is 40.1 Å². The van der Waals surface area contributed by atoms with Gasteiger partial charge in [0.05, 0.1) is 5.56 Å². The fourth-order valence-corrected chi connectivity index (χ4v) is 9.97. The SMILES string of the molecule is CC(C)c1cccc(C(C)C)c1-c1cc(Oc2[c-]c3c(cc2)c2ccccc2n3-c2cc(C(C)(C)C)ccn2)[c-]c(N2[CH-]N(c3c(-c4c(F)c(F)c(F)c(F)c4F)cccc3C(C)(C)C)c3ccccc32)c1.[Pt]. The monoisotopic (exact) mass is 1160 g/mol. The van der Waals surface area contributed by atoms with Crippen LogP contribution in [0.3, 0.4) is 0 Å². The second-order valence-electron chi connectivity index (χ2n) is 21.2. The van der Waals surface area contributed by atoms with Crippen LogP contribution < -0.4 is 14.5 Å². The van der Waals surface area contributed by atoms with Gasteiger partial charge in [0.25, 0.3) is 0 Å². The molecule has 11 heteroatoms. The number of para-hydroxylation sites is 4. The number of benzene rings is 7. The minimum atomic E-state index is -2.22. The van der Waals surface area contributed by atoms with Crippen molar-refractivity contribution in [2.24, 2.45) is 0 Å². The molecule has 376 valence electrons. The quantitative estimate of drug-likeness (QED) is 0.0624. The van der Waals surface area contributed by atoms with Gasteiger partial charge in [-0.15, -0.1) is 53.6 Å². The predicted octanol–water partition coefficient (Wildman–Crippen LogP) is 17.8. The molecule has 5 nitrogen and oxygen atoms in total. The van der Waals surface area contributed by atoms with Crippen LogP contribution in [-0.4, -0.2) is 9.55 Å². The third-order valence-corrected chi connectivity index (χ3v) is 13.6. The van der Waals surface area contributed by atoms with Crippen LogP contribution in [-0.2, 0) is 31.9 Å². The molecule has 0 spiro atoms. The van der Waals surface area contributed by atoms with Gasteiger partial charge in [-0.25, -0.2) is 26.9 Å². The molecule has 0 atom stereocenters. The molecule has 0 amide bonds. The van der Waals surface area contributed by atoms with Crippen LogP contribution in [0.25, 0.3) is 49.9 Å². The summed E-state index contributed by atoms with van der Waals surface area (Å²) in [4.78, 5) is 8.53. The molecule has 73 heavy (non-hydrogen) atoms. The molecule has 0 bridgehead atoms. The average Bonchev–Trinajstić information content (AvgIpc) is 3.90. The Bertz CT molecular complexity index is 3550. The van der Waals surface area contributed by atoms with Crippen molar-refractivity contribution in [3.63, 3.8) is 0 Å². The Labute approximate surface area is 438 Å². The number of aromatic nitrogens is 2. The summed E-state index contributed by atoms with van der Waals surface area (Å²) in [5.74, 6) is -8.19. The van der Waals surface area contributed by atoms with E-state index in [9.17, 15) is 4.39 Å². The number of hydrogen-bond donors (Lipinski definition) is 0. The first kappa shape index (κ1) is 51.1. The van der Waals surface area contributed by atoms with Crippen molar-refractivity contribution in [3.05, 3.63) is 198 Å². The Balaban J connectivity index is 0.00000656. The largest absolute Gasteiger partial charge is 0.509 e. The van der Waals surface area contributed by atoms with Crippen LogP contribution in [0.4, 0.5) is 44.7 Å². The maximum Gasteiger partial charge on any atom is 0.200 e. The predicted molar refractivity (Wildman–Crippen MR) is 280 cm³/mol. The van der Waals surface area contributed by atoms with Gasteiger partial charge in [0, 0.05) is 66.9 Å². The zero-order valence-electron chi connectivity index (χ0n) is 42.3. The second-order valence-corrected chi connectivity index (χ2v) is 21.2. The molecule has 10 rings (SSSR count). The van der Waals surface area contributed by atoms with Crippen molar-refractivity contribution in [3.8, 4) is 39.6 Å². The van der Waals surface area contributed by atoms with Crippen molar-refractivity contribution in [1.82, 2.24) is 9.55 Å². The molecule has 2 aromatic heterocycles. The molecule has 9 aromatic rings. The number of pyridine rings is 1. The summed E-state index contributed by atoms with van der Waals surface area (Å²) in [6.07, 6.45) is 1.84. The fourth-order valence-electron chi connectivity index (χ4n) is 9.97. The third kappa shape index (κ3) is 9.00. The van der Waals surface area contributed by atoms with Gasteiger partial charge in [0.2, 0.25) is 5.82 Å². The minimum Gasteiger partial charge on any atom is -0.509 e. The molecule has 0 saturated carbocycles. The van der Waals surface area contributed by atoms with Crippen molar-refractivity contribution >= 4 is 44.6 Å². The van der Waals surface area contributed by atoms with Crippen molar-refractivity contribution in [2.45, 2.75) is 91.9 Å². The van der Waals surface area contributed by atoms with E-state index in [0.29, 0.717) is 34.1 Å². The minimum absolute atomic E-state index is 0. The third-order valence-electron chi connectivity index (χ3n) is 13.6.